The molecule has 0 amide bonds. The predicted molar refractivity (Wildman–Crippen MR) is 56.0 cm³/mol. The Bertz CT molecular complexity index is 178. The molecule has 0 saturated heterocycles. The molecule has 0 aromatic rings. The minimum Gasteiger partial charge on any atom is -0.481 e. The highest BCUT2D eigenvalue weighted by Crippen LogP contribution is 2.35. The van der Waals surface area contributed by atoms with Gasteiger partial charge in [0.25, 0.3) is 0 Å². The van der Waals surface area contributed by atoms with E-state index >= 15 is 0 Å². The average Bonchev–Trinajstić information content (AvgIpc) is 2.94. The maximum absolute atomic E-state index is 10.9. The van der Waals surface area contributed by atoms with Gasteiger partial charge >= 0.3 is 5.97 Å². The molecule has 0 heterocycles. The molecule has 0 aliphatic heterocycles. The van der Waals surface area contributed by atoms with Crippen LogP contribution in [0.2, 0.25) is 0 Å². The van der Waals surface area contributed by atoms with E-state index in [-0.39, 0.29) is 5.92 Å². The van der Waals surface area contributed by atoms with Crippen molar-refractivity contribution in [3.8, 4) is 0 Å². The third-order valence-corrected chi connectivity index (χ3v) is 2.98. The van der Waals surface area contributed by atoms with E-state index in [1.54, 1.807) is 0 Å². The molecule has 1 aliphatic rings. The second kappa shape index (κ2) is 6.02. The summed E-state index contributed by atoms with van der Waals surface area (Å²) < 4.78 is 0. The molecule has 0 spiro atoms. The van der Waals surface area contributed by atoms with Crippen LogP contribution in [0.5, 0.6) is 0 Å². The molecule has 0 aromatic carbocycles. The van der Waals surface area contributed by atoms with Gasteiger partial charge in [-0.2, -0.15) is 0 Å². The molecule has 14 heavy (non-hydrogen) atoms. The van der Waals surface area contributed by atoms with Gasteiger partial charge in [-0.05, 0) is 38.1 Å². The molecule has 1 saturated carbocycles. The highest BCUT2D eigenvalue weighted by molar-refractivity contribution is 5.69. The van der Waals surface area contributed by atoms with E-state index in [1.165, 1.54) is 12.8 Å². The number of aliphatic carboxylic acids is 1. The summed E-state index contributed by atoms with van der Waals surface area (Å²) in [5, 5.41) is 8.97. The fraction of sp³-hybridized carbons (Fsp3) is 0.909. The van der Waals surface area contributed by atoms with Gasteiger partial charge in [0.05, 0.1) is 5.92 Å². The number of carbonyl (C=O) groups is 1. The van der Waals surface area contributed by atoms with Crippen LogP contribution in [0, 0.1) is 11.8 Å². The number of hydrogen-bond acceptors (Lipinski definition) is 2. The van der Waals surface area contributed by atoms with Crippen molar-refractivity contribution in [3.63, 3.8) is 0 Å². The SMILES string of the molecule is NCCCCC(CCC1CC1)C(=O)O. The number of rotatable bonds is 8. The van der Waals surface area contributed by atoms with Crippen molar-refractivity contribution in [3.05, 3.63) is 0 Å². The summed E-state index contributed by atoms with van der Waals surface area (Å²) in [4.78, 5) is 10.9. The van der Waals surface area contributed by atoms with Crippen molar-refractivity contribution in [1.29, 1.82) is 0 Å². The number of carboxylic acid groups (broad SMARTS) is 1. The largest absolute Gasteiger partial charge is 0.481 e. The zero-order chi connectivity index (χ0) is 10.4. The van der Waals surface area contributed by atoms with Gasteiger partial charge in [-0.25, -0.2) is 0 Å². The van der Waals surface area contributed by atoms with Gasteiger partial charge in [0.1, 0.15) is 0 Å². The quantitative estimate of drug-likeness (QED) is 0.588. The van der Waals surface area contributed by atoms with E-state index in [2.05, 4.69) is 0 Å². The molecule has 1 rings (SSSR count). The van der Waals surface area contributed by atoms with Crippen LogP contribution >= 0.6 is 0 Å². The third kappa shape index (κ3) is 4.61. The van der Waals surface area contributed by atoms with E-state index in [1.807, 2.05) is 0 Å². The van der Waals surface area contributed by atoms with E-state index in [9.17, 15) is 4.79 Å². The summed E-state index contributed by atoms with van der Waals surface area (Å²) in [6.07, 6.45) is 7.32. The maximum Gasteiger partial charge on any atom is 0.306 e. The Morgan fingerprint density at radius 2 is 2.07 bits per heavy atom. The lowest BCUT2D eigenvalue weighted by molar-refractivity contribution is -0.142. The Morgan fingerprint density at radius 3 is 2.57 bits per heavy atom. The van der Waals surface area contributed by atoms with Crippen LogP contribution in [0.3, 0.4) is 0 Å². The zero-order valence-corrected chi connectivity index (χ0v) is 8.74. The summed E-state index contributed by atoms with van der Waals surface area (Å²) in [5.41, 5.74) is 5.38. The Labute approximate surface area is 85.7 Å². The van der Waals surface area contributed by atoms with Gasteiger partial charge in [0, 0.05) is 0 Å². The number of carboxylic acids is 1. The van der Waals surface area contributed by atoms with Crippen molar-refractivity contribution < 1.29 is 9.90 Å². The summed E-state index contributed by atoms with van der Waals surface area (Å²) in [6.45, 7) is 0.676. The molecule has 1 unspecified atom stereocenters. The van der Waals surface area contributed by atoms with Gasteiger partial charge in [-0.3, -0.25) is 4.79 Å². The number of unbranched alkanes of at least 4 members (excludes halogenated alkanes) is 1. The van der Waals surface area contributed by atoms with E-state index < -0.39 is 5.97 Å². The minimum atomic E-state index is -0.623. The lowest BCUT2D eigenvalue weighted by atomic mass is 9.95. The van der Waals surface area contributed by atoms with Crippen molar-refractivity contribution in [2.75, 3.05) is 6.54 Å². The van der Waals surface area contributed by atoms with E-state index in [0.717, 1.165) is 38.0 Å². The molecular formula is C11H21NO2. The van der Waals surface area contributed by atoms with Crippen molar-refractivity contribution in [2.24, 2.45) is 17.6 Å². The number of nitrogens with two attached hydrogens (primary N) is 1. The van der Waals surface area contributed by atoms with Gasteiger partial charge in [-0.1, -0.05) is 19.3 Å². The Hall–Kier alpha value is -0.570. The molecule has 0 aromatic heterocycles. The van der Waals surface area contributed by atoms with E-state index in [0.29, 0.717) is 6.54 Å². The topological polar surface area (TPSA) is 63.3 Å². The standard InChI is InChI=1S/C11H21NO2/c12-8-2-1-3-10(11(13)14)7-6-9-4-5-9/h9-10H,1-8,12H2,(H,13,14). The Morgan fingerprint density at radius 1 is 1.36 bits per heavy atom. The second-order valence-corrected chi connectivity index (χ2v) is 4.34. The van der Waals surface area contributed by atoms with Crippen LogP contribution in [-0.4, -0.2) is 17.6 Å². The molecule has 1 atom stereocenters. The molecule has 3 nitrogen and oxygen atoms in total. The average molecular weight is 199 g/mol. The first-order chi connectivity index (χ1) is 6.74. The molecule has 3 heteroatoms. The van der Waals surface area contributed by atoms with Crippen LogP contribution in [-0.2, 0) is 4.79 Å². The zero-order valence-electron chi connectivity index (χ0n) is 8.74. The Balaban J connectivity index is 2.12. The van der Waals surface area contributed by atoms with Gasteiger partial charge in [0.15, 0.2) is 0 Å². The van der Waals surface area contributed by atoms with E-state index in [4.69, 9.17) is 10.8 Å². The van der Waals surface area contributed by atoms with Crippen LogP contribution in [0.15, 0.2) is 0 Å². The van der Waals surface area contributed by atoms with Crippen LogP contribution in [0.4, 0.5) is 0 Å². The first-order valence-electron chi connectivity index (χ1n) is 5.67. The number of hydrogen-bond donors (Lipinski definition) is 2. The van der Waals surface area contributed by atoms with Gasteiger partial charge in [-0.15, -0.1) is 0 Å². The third-order valence-electron chi connectivity index (χ3n) is 2.98. The predicted octanol–water partition coefficient (Wildman–Crippen LogP) is 2.01. The summed E-state index contributed by atoms with van der Waals surface area (Å²) in [6, 6.07) is 0. The second-order valence-electron chi connectivity index (χ2n) is 4.34. The summed E-state index contributed by atoms with van der Waals surface area (Å²) in [7, 11) is 0. The summed E-state index contributed by atoms with van der Waals surface area (Å²) in [5.74, 6) is 0.0937. The minimum absolute atomic E-state index is 0.123. The molecule has 3 N–H and O–H groups in total. The molecule has 0 radical (unpaired) electrons. The summed E-state index contributed by atoms with van der Waals surface area (Å²) >= 11 is 0. The highest BCUT2D eigenvalue weighted by Gasteiger charge is 2.24. The highest BCUT2D eigenvalue weighted by atomic mass is 16.4. The monoisotopic (exact) mass is 199 g/mol. The fourth-order valence-electron chi connectivity index (χ4n) is 1.77. The van der Waals surface area contributed by atoms with Crippen molar-refractivity contribution in [1.82, 2.24) is 0 Å². The lowest BCUT2D eigenvalue weighted by Gasteiger charge is -2.11. The first-order valence-corrected chi connectivity index (χ1v) is 5.67. The lowest BCUT2D eigenvalue weighted by Crippen LogP contribution is -2.14. The Kier molecular flexibility index (Phi) is 4.94. The normalized spacial score (nSPS) is 18.1. The van der Waals surface area contributed by atoms with Crippen LogP contribution < -0.4 is 5.73 Å². The first kappa shape index (κ1) is 11.5. The molecular weight excluding hydrogens is 178 g/mol. The molecule has 1 fully saturated rings. The van der Waals surface area contributed by atoms with Gasteiger partial charge < -0.3 is 10.8 Å². The molecule has 82 valence electrons. The van der Waals surface area contributed by atoms with Gasteiger partial charge in [0.2, 0.25) is 0 Å². The smallest absolute Gasteiger partial charge is 0.306 e. The van der Waals surface area contributed by atoms with Crippen LogP contribution in [0.25, 0.3) is 0 Å². The molecule has 1 aliphatic carbocycles. The van der Waals surface area contributed by atoms with Crippen LogP contribution in [0.1, 0.15) is 44.9 Å². The maximum atomic E-state index is 10.9. The fourth-order valence-corrected chi connectivity index (χ4v) is 1.77. The van der Waals surface area contributed by atoms with Crippen molar-refractivity contribution >= 4 is 5.97 Å². The van der Waals surface area contributed by atoms with Crippen molar-refractivity contribution in [2.45, 2.75) is 44.9 Å². The molecule has 0 bridgehead atoms.